The standard InChI is InChI=1S/C3H2NO.3CH3NS2.Mo/c1-2-5-3-4-1;3*2-1(3)4;/h1-2H;3*(H3,2,3,4);/q-1;;;;+4/p-3. The van der Waals surface area contributed by atoms with Gasteiger partial charge in [-0.2, -0.15) is 0 Å². The first-order chi connectivity index (χ1) is 7.70. The van der Waals surface area contributed by atoms with Gasteiger partial charge in [-0.25, -0.2) is 0 Å². The molecule has 5 nitrogen and oxygen atoms in total. The van der Waals surface area contributed by atoms with Crippen molar-refractivity contribution >= 4 is 87.5 Å². The first-order valence-corrected chi connectivity index (χ1v) is 5.80. The van der Waals surface area contributed by atoms with Gasteiger partial charge in [-0.1, -0.05) is 19.2 Å². The van der Waals surface area contributed by atoms with Crippen LogP contribution in [-0.2, 0) is 59.0 Å². The van der Waals surface area contributed by atoms with Gasteiger partial charge in [0.1, 0.15) is 6.39 Å². The number of aromatic nitrogens is 1. The van der Waals surface area contributed by atoms with Crippen molar-refractivity contribution in [2.24, 2.45) is 17.2 Å². The van der Waals surface area contributed by atoms with E-state index in [9.17, 15) is 0 Å². The average molecular weight is 440 g/mol. The molecular weight excluding hydrogens is 432 g/mol. The van der Waals surface area contributed by atoms with E-state index in [4.69, 9.17) is 0 Å². The topological polar surface area (TPSA) is 104 Å². The minimum atomic E-state index is 0. The van der Waals surface area contributed by atoms with Gasteiger partial charge < -0.3 is 101 Å². The van der Waals surface area contributed by atoms with Crippen LogP contribution in [0.15, 0.2) is 16.9 Å². The molecule has 0 atom stereocenters. The number of hydrogen-bond donors (Lipinski definition) is 3. The van der Waals surface area contributed by atoms with Gasteiger partial charge in [0.15, 0.2) is 0 Å². The van der Waals surface area contributed by atoms with Crippen LogP contribution in [0.25, 0.3) is 0 Å². The molecule has 0 fully saturated rings. The molecule has 100 valence electrons. The molecule has 1 aromatic rings. The van der Waals surface area contributed by atoms with Gasteiger partial charge >= 0.3 is 21.1 Å². The van der Waals surface area contributed by atoms with Gasteiger partial charge in [-0.3, -0.25) is 0 Å². The van der Waals surface area contributed by atoms with Crippen molar-refractivity contribution in [1.82, 2.24) is 4.98 Å². The normalized spacial score (nSPS) is 6.22. The molecule has 0 aromatic carbocycles. The van der Waals surface area contributed by atoms with E-state index in [0.717, 1.165) is 0 Å². The van der Waals surface area contributed by atoms with E-state index in [2.05, 4.69) is 108 Å². The third-order valence-electron chi connectivity index (χ3n) is 0.309. The fourth-order valence-electron chi connectivity index (χ4n) is 0.152. The Hall–Kier alpha value is 0.228. The first kappa shape index (κ1) is 26.7. The van der Waals surface area contributed by atoms with Crippen molar-refractivity contribution in [1.29, 1.82) is 0 Å². The fourth-order valence-corrected chi connectivity index (χ4v) is 0.152. The van der Waals surface area contributed by atoms with E-state index in [1.165, 1.54) is 12.5 Å². The largest absolute Gasteiger partial charge is 4.00 e. The fraction of sp³-hybridized carbons (Fsp3) is 0. The number of nitrogens with two attached hydrogens (primary N) is 3. The van der Waals surface area contributed by atoms with E-state index in [1.54, 1.807) is 0 Å². The second kappa shape index (κ2) is 22.4. The summed E-state index contributed by atoms with van der Waals surface area (Å²) in [6.45, 7) is 0. The van der Waals surface area contributed by atoms with Crippen LogP contribution in [0.4, 0.5) is 0 Å². The van der Waals surface area contributed by atoms with Gasteiger partial charge in [0, 0.05) is 0 Å². The number of rotatable bonds is 0. The molecule has 0 saturated carbocycles. The van der Waals surface area contributed by atoms with Crippen molar-refractivity contribution in [2.45, 2.75) is 0 Å². The number of nitrogens with zero attached hydrogens (tertiary/aromatic N) is 1. The zero-order chi connectivity index (χ0) is 14.3. The van der Waals surface area contributed by atoms with Crippen LogP contribution in [0.3, 0.4) is 0 Å². The Morgan fingerprint density at radius 1 is 1.00 bits per heavy atom. The van der Waals surface area contributed by atoms with Crippen molar-refractivity contribution < 1.29 is 25.5 Å². The van der Waals surface area contributed by atoms with Crippen LogP contribution >= 0.6 is 36.7 Å². The number of thiocarbonyl (C=S) groups is 3. The smallest absolute Gasteiger partial charge is 0.581 e. The van der Waals surface area contributed by atoms with Crippen LogP contribution in [0.2, 0.25) is 0 Å². The molecule has 0 bridgehead atoms. The molecule has 1 heterocycles. The quantitative estimate of drug-likeness (QED) is 0.216. The maximum atomic E-state index is 4.66. The molecule has 0 aliphatic heterocycles. The summed E-state index contributed by atoms with van der Waals surface area (Å²) in [6, 6.07) is 0. The molecule has 0 spiro atoms. The van der Waals surface area contributed by atoms with Crippen molar-refractivity contribution in [2.75, 3.05) is 0 Å². The Balaban J connectivity index is -0.0000000719. The zero-order valence-electron chi connectivity index (χ0n) is 8.60. The zero-order valence-corrected chi connectivity index (χ0v) is 15.5. The molecule has 6 N–H and O–H groups in total. The van der Waals surface area contributed by atoms with Crippen LogP contribution in [0.1, 0.15) is 0 Å². The second-order valence-corrected chi connectivity index (χ2v) is 4.99. The molecule has 0 aliphatic carbocycles. The van der Waals surface area contributed by atoms with Crippen molar-refractivity contribution in [3.05, 3.63) is 18.9 Å². The minimum Gasteiger partial charge on any atom is -0.581 e. The molecular formula is C6H8MoN4OS6. The Bertz CT molecular complexity index is 251. The summed E-state index contributed by atoms with van der Waals surface area (Å²) >= 11 is 24.8. The average Bonchev–Trinajstić information content (AvgIpc) is 2.53. The third-order valence-corrected chi connectivity index (χ3v) is 0.309. The third kappa shape index (κ3) is 138. The second-order valence-electron chi connectivity index (χ2n) is 1.58. The van der Waals surface area contributed by atoms with E-state index in [-0.39, 0.29) is 34.0 Å². The van der Waals surface area contributed by atoms with Gasteiger partial charge in [-0.05, 0) is 6.26 Å². The Labute approximate surface area is 153 Å². The summed E-state index contributed by atoms with van der Waals surface area (Å²) < 4.78 is 4.60. The van der Waals surface area contributed by atoms with Gasteiger partial charge in [0.25, 0.3) is 0 Å². The summed E-state index contributed by atoms with van der Waals surface area (Å²) in [4.78, 5) is 3.43. The molecule has 0 radical (unpaired) electrons. The molecule has 12 heteroatoms. The maximum absolute atomic E-state index is 4.66. The molecule has 1 rings (SSSR count). The molecule has 0 amide bonds. The molecule has 0 aliphatic rings. The Morgan fingerprint density at radius 3 is 1.33 bits per heavy atom. The molecule has 0 saturated heterocycles. The predicted molar refractivity (Wildman–Crippen MR) is 87.8 cm³/mol. The molecule has 18 heavy (non-hydrogen) atoms. The SMILES string of the molecule is NC(=S)[S-].NC(=S)[S-].NC(=S)[S-].[Mo+4].[c-]1ncco1. The minimum absolute atomic E-state index is 0. The first-order valence-electron chi connectivity index (χ1n) is 3.35. The molecule has 1 aromatic heterocycles. The summed E-state index contributed by atoms with van der Waals surface area (Å²) in [5.74, 6) is 0. The van der Waals surface area contributed by atoms with Crippen LogP contribution in [0.5, 0.6) is 0 Å². The van der Waals surface area contributed by atoms with Gasteiger partial charge in [0.05, 0.1) is 0 Å². The van der Waals surface area contributed by atoms with Gasteiger partial charge in [0.2, 0.25) is 0 Å². The number of oxazole rings is 1. The van der Waals surface area contributed by atoms with E-state index < -0.39 is 0 Å². The summed E-state index contributed by atoms with van der Waals surface area (Å²) in [7, 11) is 0. The van der Waals surface area contributed by atoms with E-state index in [1.807, 2.05) is 0 Å². The van der Waals surface area contributed by atoms with E-state index in [0.29, 0.717) is 0 Å². The summed E-state index contributed by atoms with van der Waals surface area (Å²) in [6.07, 6.45) is 5.22. The van der Waals surface area contributed by atoms with Crippen molar-refractivity contribution in [3.63, 3.8) is 0 Å². The Kier molecular flexibility index (Phi) is 33.3. The van der Waals surface area contributed by atoms with Crippen LogP contribution in [0, 0.1) is 6.39 Å². The van der Waals surface area contributed by atoms with Crippen LogP contribution in [-0.4, -0.2) is 17.9 Å². The van der Waals surface area contributed by atoms with Gasteiger partial charge in [-0.15, -0.1) is 0 Å². The summed E-state index contributed by atoms with van der Waals surface area (Å²) in [5.41, 5.74) is 14.0. The summed E-state index contributed by atoms with van der Waals surface area (Å²) in [5, 5.41) is 0. The number of hydrogen-bond acceptors (Lipinski definition) is 8. The van der Waals surface area contributed by atoms with E-state index >= 15 is 0 Å². The predicted octanol–water partition coefficient (Wildman–Crippen LogP) is -0.197. The van der Waals surface area contributed by atoms with Crippen LogP contribution < -0.4 is 17.2 Å². The monoisotopic (exact) mass is 442 g/mol. The molecule has 0 unspecified atom stereocenters. The Morgan fingerprint density at radius 2 is 1.28 bits per heavy atom. The maximum Gasteiger partial charge on any atom is 4.00 e. The van der Waals surface area contributed by atoms with Crippen molar-refractivity contribution in [3.8, 4) is 0 Å².